The summed E-state index contributed by atoms with van der Waals surface area (Å²) in [6.45, 7) is 8.80. The summed E-state index contributed by atoms with van der Waals surface area (Å²) in [5.74, 6) is 0.765. The lowest BCUT2D eigenvalue weighted by atomic mass is 10.1. The molecule has 1 heterocycles. The van der Waals surface area contributed by atoms with E-state index in [0.29, 0.717) is 6.04 Å². The molecule has 1 atom stereocenters. The predicted octanol–water partition coefficient (Wildman–Crippen LogP) is 2.13. The van der Waals surface area contributed by atoms with Crippen molar-refractivity contribution in [1.82, 2.24) is 4.90 Å². The Kier molecular flexibility index (Phi) is 5.29. The van der Waals surface area contributed by atoms with E-state index < -0.39 is 0 Å². The van der Waals surface area contributed by atoms with Crippen LogP contribution in [0, 0.1) is 5.92 Å². The highest BCUT2D eigenvalue weighted by Gasteiger charge is 2.20. The normalized spacial score (nSPS) is 23.3. The minimum Gasteiger partial charge on any atom is -0.381 e. The van der Waals surface area contributed by atoms with Crippen LogP contribution in [-0.4, -0.2) is 42.6 Å². The minimum absolute atomic E-state index is 0.651. The van der Waals surface area contributed by atoms with Crippen molar-refractivity contribution in [3.63, 3.8) is 0 Å². The Bertz CT molecular complexity index is 135. The third kappa shape index (κ3) is 3.96. The van der Waals surface area contributed by atoms with Gasteiger partial charge in [-0.3, -0.25) is 4.90 Å². The van der Waals surface area contributed by atoms with E-state index in [4.69, 9.17) is 4.74 Å². The average molecular weight is 250 g/mol. The zero-order valence-electron chi connectivity index (χ0n) is 8.63. The molecule has 1 saturated heterocycles. The smallest absolute Gasteiger partial charge is 0.0507 e. The van der Waals surface area contributed by atoms with Gasteiger partial charge >= 0.3 is 0 Å². The fourth-order valence-corrected chi connectivity index (χ4v) is 2.18. The van der Waals surface area contributed by atoms with Crippen LogP contribution >= 0.6 is 15.9 Å². The van der Waals surface area contributed by atoms with Crippen molar-refractivity contribution in [3.8, 4) is 0 Å². The van der Waals surface area contributed by atoms with E-state index in [-0.39, 0.29) is 0 Å². The van der Waals surface area contributed by atoms with Crippen molar-refractivity contribution in [2.75, 3.05) is 31.6 Å². The van der Waals surface area contributed by atoms with Crippen LogP contribution in [0.4, 0.5) is 0 Å². The van der Waals surface area contributed by atoms with Crippen molar-refractivity contribution in [2.24, 2.45) is 5.92 Å². The van der Waals surface area contributed by atoms with Crippen LogP contribution in [0.3, 0.4) is 0 Å². The molecule has 1 aliphatic heterocycles. The molecule has 0 aromatic heterocycles. The lowest BCUT2D eigenvalue weighted by Crippen LogP contribution is -2.36. The van der Waals surface area contributed by atoms with E-state index in [1.54, 1.807) is 0 Å². The molecule has 0 aromatic rings. The molecule has 0 bridgehead atoms. The molecule has 0 amide bonds. The Morgan fingerprint density at radius 1 is 1.54 bits per heavy atom. The van der Waals surface area contributed by atoms with Crippen LogP contribution in [0.2, 0.25) is 0 Å². The van der Waals surface area contributed by atoms with Gasteiger partial charge in [-0.1, -0.05) is 15.9 Å². The lowest BCUT2D eigenvalue weighted by molar-refractivity contribution is 0.157. The molecule has 0 aliphatic carbocycles. The van der Waals surface area contributed by atoms with Gasteiger partial charge in [-0.25, -0.2) is 0 Å². The van der Waals surface area contributed by atoms with Crippen LogP contribution in [0.15, 0.2) is 0 Å². The van der Waals surface area contributed by atoms with Crippen LogP contribution in [0.5, 0.6) is 0 Å². The first-order chi connectivity index (χ1) is 6.24. The number of hydrogen-bond donors (Lipinski definition) is 0. The van der Waals surface area contributed by atoms with E-state index in [9.17, 15) is 0 Å². The first-order valence-electron chi connectivity index (χ1n) is 5.11. The molecule has 0 radical (unpaired) electrons. The van der Waals surface area contributed by atoms with Crippen molar-refractivity contribution < 1.29 is 4.74 Å². The number of nitrogens with zero attached hydrogens (tertiary/aromatic N) is 1. The van der Waals surface area contributed by atoms with Gasteiger partial charge in [0.25, 0.3) is 0 Å². The molecule has 1 aliphatic rings. The number of hydrogen-bond acceptors (Lipinski definition) is 2. The Labute approximate surface area is 89.8 Å². The fraction of sp³-hybridized carbons (Fsp3) is 1.00. The molecule has 3 heteroatoms. The van der Waals surface area contributed by atoms with Crippen molar-refractivity contribution in [3.05, 3.63) is 0 Å². The van der Waals surface area contributed by atoms with E-state index in [1.165, 1.54) is 13.0 Å². The highest BCUT2D eigenvalue weighted by molar-refractivity contribution is 9.09. The monoisotopic (exact) mass is 249 g/mol. The summed E-state index contributed by atoms with van der Waals surface area (Å²) in [7, 11) is 0. The second kappa shape index (κ2) is 5.99. The number of alkyl halides is 1. The minimum atomic E-state index is 0.651. The molecule has 1 fully saturated rings. The Morgan fingerprint density at radius 2 is 2.31 bits per heavy atom. The molecule has 78 valence electrons. The maximum absolute atomic E-state index is 5.38. The third-order valence-corrected chi connectivity index (χ3v) is 2.97. The molecule has 1 unspecified atom stereocenters. The van der Waals surface area contributed by atoms with Gasteiger partial charge in [0.2, 0.25) is 0 Å². The second-order valence-corrected chi connectivity index (χ2v) is 4.80. The Hall–Kier alpha value is 0.400. The maximum atomic E-state index is 5.38. The first kappa shape index (κ1) is 11.5. The fourth-order valence-electron chi connectivity index (χ4n) is 1.73. The predicted molar refractivity (Wildman–Crippen MR) is 59.4 cm³/mol. The van der Waals surface area contributed by atoms with E-state index in [2.05, 4.69) is 34.7 Å². The van der Waals surface area contributed by atoms with Gasteiger partial charge in [0.15, 0.2) is 0 Å². The SMILES string of the molecule is CC(C)N(CCBr)CC1CCOC1. The standard InChI is InChI=1S/C10H20BrNO/c1-9(2)12(5-4-11)7-10-3-6-13-8-10/h9-10H,3-8H2,1-2H3. The first-order valence-corrected chi connectivity index (χ1v) is 6.24. The molecule has 0 spiro atoms. The van der Waals surface area contributed by atoms with Crippen molar-refractivity contribution in [1.29, 1.82) is 0 Å². The van der Waals surface area contributed by atoms with Crippen molar-refractivity contribution in [2.45, 2.75) is 26.3 Å². The average Bonchev–Trinajstić information content (AvgIpc) is 2.56. The maximum Gasteiger partial charge on any atom is 0.0507 e. The van der Waals surface area contributed by atoms with Gasteiger partial charge in [0, 0.05) is 31.1 Å². The summed E-state index contributed by atoms with van der Waals surface area (Å²) < 4.78 is 5.38. The molecule has 2 nitrogen and oxygen atoms in total. The molecular formula is C10H20BrNO. The quantitative estimate of drug-likeness (QED) is 0.693. The Morgan fingerprint density at radius 3 is 2.77 bits per heavy atom. The summed E-state index contributed by atoms with van der Waals surface area (Å²) in [5.41, 5.74) is 0. The van der Waals surface area contributed by atoms with Crippen LogP contribution in [0.1, 0.15) is 20.3 Å². The summed E-state index contributed by atoms with van der Waals surface area (Å²) in [6.07, 6.45) is 1.24. The third-order valence-electron chi connectivity index (χ3n) is 2.62. The van der Waals surface area contributed by atoms with Crippen LogP contribution in [-0.2, 0) is 4.74 Å². The molecule has 0 N–H and O–H groups in total. The molecular weight excluding hydrogens is 230 g/mol. The number of halogens is 1. The van der Waals surface area contributed by atoms with E-state index >= 15 is 0 Å². The number of rotatable bonds is 5. The zero-order chi connectivity index (χ0) is 9.68. The molecule has 1 rings (SSSR count). The van der Waals surface area contributed by atoms with E-state index in [0.717, 1.165) is 31.0 Å². The number of ether oxygens (including phenoxy) is 1. The summed E-state index contributed by atoms with van der Waals surface area (Å²) >= 11 is 3.49. The van der Waals surface area contributed by atoms with Gasteiger partial charge < -0.3 is 4.74 Å². The van der Waals surface area contributed by atoms with Gasteiger partial charge in [-0.15, -0.1) is 0 Å². The lowest BCUT2D eigenvalue weighted by Gasteiger charge is -2.27. The van der Waals surface area contributed by atoms with E-state index in [1.807, 2.05) is 0 Å². The zero-order valence-corrected chi connectivity index (χ0v) is 10.2. The van der Waals surface area contributed by atoms with Gasteiger partial charge in [-0.2, -0.15) is 0 Å². The topological polar surface area (TPSA) is 12.5 Å². The summed E-state index contributed by atoms with van der Waals surface area (Å²) in [6, 6.07) is 0.651. The molecule has 0 saturated carbocycles. The summed E-state index contributed by atoms with van der Waals surface area (Å²) in [5, 5.41) is 1.07. The van der Waals surface area contributed by atoms with Gasteiger partial charge in [-0.05, 0) is 26.2 Å². The molecule has 0 aromatic carbocycles. The molecule has 13 heavy (non-hydrogen) atoms. The second-order valence-electron chi connectivity index (χ2n) is 4.01. The van der Waals surface area contributed by atoms with Gasteiger partial charge in [0.1, 0.15) is 0 Å². The van der Waals surface area contributed by atoms with Crippen LogP contribution in [0.25, 0.3) is 0 Å². The Balaban J connectivity index is 2.27. The highest BCUT2D eigenvalue weighted by Crippen LogP contribution is 2.15. The summed E-state index contributed by atoms with van der Waals surface area (Å²) in [4.78, 5) is 2.52. The van der Waals surface area contributed by atoms with Crippen LogP contribution < -0.4 is 0 Å². The highest BCUT2D eigenvalue weighted by atomic mass is 79.9. The van der Waals surface area contributed by atoms with Gasteiger partial charge in [0.05, 0.1) is 6.61 Å². The largest absolute Gasteiger partial charge is 0.381 e. The van der Waals surface area contributed by atoms with Crippen molar-refractivity contribution >= 4 is 15.9 Å².